The molecule has 0 bridgehead atoms. The number of methoxy groups -OCH3 is 2. The van der Waals surface area contributed by atoms with Crippen LogP contribution >= 0.6 is 11.6 Å². The predicted molar refractivity (Wildman–Crippen MR) is 87.7 cm³/mol. The van der Waals surface area contributed by atoms with Crippen molar-refractivity contribution in [2.45, 2.75) is 12.5 Å². The molecular weight excluding hydrogens is 318 g/mol. The van der Waals surface area contributed by atoms with Gasteiger partial charge in [-0.2, -0.15) is 0 Å². The van der Waals surface area contributed by atoms with Gasteiger partial charge in [-0.25, -0.2) is 0 Å². The van der Waals surface area contributed by atoms with E-state index in [1.165, 1.54) is 14.2 Å². The second kappa shape index (κ2) is 6.38. The zero-order valence-electron chi connectivity index (χ0n) is 12.8. The van der Waals surface area contributed by atoms with Gasteiger partial charge in [0, 0.05) is 12.5 Å². The van der Waals surface area contributed by atoms with Crippen LogP contribution in [0.3, 0.4) is 0 Å². The molecule has 1 aliphatic rings. The molecule has 3 rings (SSSR count). The number of fused-ring (bicyclic) bond motifs is 1. The molecule has 1 aliphatic heterocycles. The maximum Gasteiger partial charge on any atom is 0.265 e. The van der Waals surface area contributed by atoms with E-state index >= 15 is 0 Å². The summed E-state index contributed by atoms with van der Waals surface area (Å²) >= 11 is 6.11. The zero-order valence-corrected chi connectivity index (χ0v) is 13.5. The van der Waals surface area contributed by atoms with E-state index < -0.39 is 6.10 Å². The number of benzene rings is 2. The molecule has 2 aromatic carbocycles. The zero-order chi connectivity index (χ0) is 16.4. The Balaban J connectivity index is 1.78. The molecule has 6 heteroatoms. The van der Waals surface area contributed by atoms with Crippen molar-refractivity contribution in [2.75, 3.05) is 19.5 Å². The van der Waals surface area contributed by atoms with Crippen LogP contribution in [0.15, 0.2) is 36.4 Å². The van der Waals surface area contributed by atoms with Crippen LogP contribution in [-0.4, -0.2) is 26.2 Å². The summed E-state index contributed by atoms with van der Waals surface area (Å²) in [7, 11) is 3.03. The standard InChI is InChI=1S/C17H16ClNO4/c1-21-14-9-15(22-2)12(8-11(14)18)19-17(20)16-7-10-5-3-4-6-13(10)23-16/h3-6,8-9,16H,7H2,1-2H3,(H,19,20). The second-order valence-corrected chi connectivity index (χ2v) is 5.50. The van der Waals surface area contributed by atoms with Crippen LogP contribution in [0.25, 0.3) is 0 Å². The van der Waals surface area contributed by atoms with Crippen LogP contribution in [0.1, 0.15) is 5.56 Å². The Bertz CT molecular complexity index is 722. The fraction of sp³-hybridized carbons (Fsp3) is 0.235. The van der Waals surface area contributed by atoms with E-state index in [0.717, 1.165) is 11.3 Å². The predicted octanol–water partition coefficient (Wildman–Crippen LogP) is 3.30. The number of nitrogens with one attached hydrogen (secondary N) is 1. The van der Waals surface area contributed by atoms with Gasteiger partial charge in [-0.1, -0.05) is 29.8 Å². The second-order valence-electron chi connectivity index (χ2n) is 5.09. The fourth-order valence-electron chi connectivity index (χ4n) is 2.50. The third-order valence-corrected chi connectivity index (χ3v) is 3.97. The number of anilines is 1. The third kappa shape index (κ3) is 3.05. The summed E-state index contributed by atoms with van der Waals surface area (Å²) in [6, 6.07) is 10.8. The van der Waals surface area contributed by atoms with Gasteiger partial charge in [0.05, 0.1) is 24.9 Å². The molecule has 1 N–H and O–H groups in total. The number of hydrogen-bond donors (Lipinski definition) is 1. The first-order valence-electron chi connectivity index (χ1n) is 7.09. The van der Waals surface area contributed by atoms with E-state index in [9.17, 15) is 4.79 Å². The van der Waals surface area contributed by atoms with Crippen molar-refractivity contribution in [2.24, 2.45) is 0 Å². The van der Waals surface area contributed by atoms with Gasteiger partial charge < -0.3 is 19.5 Å². The molecule has 2 aromatic rings. The largest absolute Gasteiger partial charge is 0.495 e. The van der Waals surface area contributed by atoms with Crippen molar-refractivity contribution in [3.8, 4) is 17.2 Å². The van der Waals surface area contributed by atoms with Crippen LogP contribution < -0.4 is 19.5 Å². The lowest BCUT2D eigenvalue weighted by molar-refractivity contribution is -0.122. The molecule has 0 spiro atoms. The number of ether oxygens (including phenoxy) is 3. The molecule has 120 valence electrons. The molecule has 0 aromatic heterocycles. The number of hydrogen-bond acceptors (Lipinski definition) is 4. The smallest absolute Gasteiger partial charge is 0.265 e. The quantitative estimate of drug-likeness (QED) is 0.932. The minimum Gasteiger partial charge on any atom is -0.495 e. The lowest BCUT2D eigenvalue weighted by Crippen LogP contribution is -2.31. The van der Waals surface area contributed by atoms with Crippen molar-refractivity contribution in [3.63, 3.8) is 0 Å². The summed E-state index contributed by atoms with van der Waals surface area (Å²) in [5.41, 5.74) is 1.50. The molecular formula is C17H16ClNO4. The molecule has 0 saturated carbocycles. The van der Waals surface area contributed by atoms with Gasteiger partial charge in [0.2, 0.25) is 0 Å². The van der Waals surface area contributed by atoms with Crippen LogP contribution in [0.4, 0.5) is 5.69 Å². The topological polar surface area (TPSA) is 56.8 Å². The van der Waals surface area contributed by atoms with Crippen molar-refractivity contribution in [1.29, 1.82) is 0 Å². The SMILES string of the molecule is COc1cc(OC)c(NC(=O)C2Cc3ccccc3O2)cc1Cl. The van der Waals surface area contributed by atoms with E-state index in [1.54, 1.807) is 12.1 Å². The number of amides is 1. The molecule has 0 fully saturated rings. The maximum atomic E-state index is 12.5. The summed E-state index contributed by atoms with van der Waals surface area (Å²) < 4.78 is 16.1. The Hall–Kier alpha value is -2.40. The maximum absolute atomic E-state index is 12.5. The third-order valence-electron chi connectivity index (χ3n) is 3.67. The summed E-state index contributed by atoms with van der Waals surface area (Å²) in [6.07, 6.45) is -0.0354. The van der Waals surface area contributed by atoms with E-state index in [2.05, 4.69) is 5.32 Å². The normalized spacial score (nSPS) is 15.5. The molecule has 1 amide bonds. The van der Waals surface area contributed by atoms with Gasteiger partial charge in [-0.05, 0) is 17.7 Å². The average molecular weight is 334 g/mol. The highest BCUT2D eigenvalue weighted by molar-refractivity contribution is 6.32. The average Bonchev–Trinajstić information content (AvgIpc) is 2.99. The van der Waals surface area contributed by atoms with E-state index in [0.29, 0.717) is 28.6 Å². The highest BCUT2D eigenvalue weighted by atomic mass is 35.5. The minimum atomic E-state index is -0.571. The van der Waals surface area contributed by atoms with E-state index in [1.807, 2.05) is 24.3 Å². The van der Waals surface area contributed by atoms with Crippen LogP contribution in [0, 0.1) is 0 Å². The fourth-order valence-corrected chi connectivity index (χ4v) is 2.74. The highest BCUT2D eigenvalue weighted by Crippen LogP contribution is 2.36. The summed E-state index contributed by atoms with van der Waals surface area (Å²) in [6.45, 7) is 0. The lowest BCUT2D eigenvalue weighted by Gasteiger charge is -2.15. The Labute approximate surface area is 139 Å². The summed E-state index contributed by atoms with van der Waals surface area (Å²) in [5, 5.41) is 3.19. The Morgan fingerprint density at radius 3 is 2.65 bits per heavy atom. The van der Waals surface area contributed by atoms with Crippen molar-refractivity contribution >= 4 is 23.2 Å². The minimum absolute atomic E-state index is 0.249. The van der Waals surface area contributed by atoms with Crippen molar-refractivity contribution < 1.29 is 19.0 Å². The number of carbonyl (C=O) groups excluding carboxylic acids is 1. The number of halogens is 1. The molecule has 0 radical (unpaired) electrons. The van der Waals surface area contributed by atoms with E-state index in [-0.39, 0.29) is 5.91 Å². The van der Waals surface area contributed by atoms with Gasteiger partial charge in [-0.3, -0.25) is 4.79 Å². The van der Waals surface area contributed by atoms with Gasteiger partial charge in [0.1, 0.15) is 17.2 Å². The van der Waals surface area contributed by atoms with Crippen molar-refractivity contribution in [1.82, 2.24) is 0 Å². The molecule has 1 heterocycles. The Morgan fingerprint density at radius 1 is 1.22 bits per heavy atom. The first-order valence-corrected chi connectivity index (χ1v) is 7.47. The first kappa shape index (κ1) is 15.5. The van der Waals surface area contributed by atoms with Gasteiger partial charge in [-0.15, -0.1) is 0 Å². The monoisotopic (exact) mass is 333 g/mol. The summed E-state index contributed by atoms with van der Waals surface area (Å²) in [5.74, 6) is 1.44. The summed E-state index contributed by atoms with van der Waals surface area (Å²) in [4.78, 5) is 12.5. The molecule has 0 saturated heterocycles. The number of rotatable bonds is 4. The van der Waals surface area contributed by atoms with Gasteiger partial charge >= 0.3 is 0 Å². The van der Waals surface area contributed by atoms with Crippen molar-refractivity contribution in [3.05, 3.63) is 47.0 Å². The number of carbonyl (C=O) groups is 1. The molecule has 23 heavy (non-hydrogen) atoms. The van der Waals surface area contributed by atoms with Crippen LogP contribution in [0.5, 0.6) is 17.2 Å². The molecule has 5 nitrogen and oxygen atoms in total. The molecule has 1 unspecified atom stereocenters. The molecule has 0 aliphatic carbocycles. The Morgan fingerprint density at radius 2 is 1.96 bits per heavy atom. The number of para-hydroxylation sites is 1. The lowest BCUT2D eigenvalue weighted by atomic mass is 10.1. The van der Waals surface area contributed by atoms with Gasteiger partial charge in [0.25, 0.3) is 5.91 Å². The first-order chi connectivity index (χ1) is 11.1. The Kier molecular flexibility index (Phi) is 4.30. The highest BCUT2D eigenvalue weighted by Gasteiger charge is 2.29. The van der Waals surface area contributed by atoms with Crippen LogP contribution in [0.2, 0.25) is 5.02 Å². The van der Waals surface area contributed by atoms with Gasteiger partial charge in [0.15, 0.2) is 6.10 Å². The molecule has 1 atom stereocenters. The van der Waals surface area contributed by atoms with Crippen LogP contribution in [-0.2, 0) is 11.2 Å². The van der Waals surface area contributed by atoms with E-state index in [4.69, 9.17) is 25.8 Å².